The Hall–Kier alpha value is -3.99. The second-order valence-electron chi connectivity index (χ2n) is 6.27. The van der Waals surface area contributed by atoms with Crippen LogP contribution in [-0.2, 0) is 9.59 Å². The Bertz CT molecular complexity index is 1080. The SMILES string of the molecule is CC(=O)N[C@@H](C)C(=O)Nc1ccc(Oc2ccc3[nH]c(N)c(C#N)c3c2)cc1. The number of nitrogens with zero attached hydrogens (tertiary/aromatic N) is 1. The van der Waals surface area contributed by atoms with Gasteiger partial charge in [-0.2, -0.15) is 5.26 Å². The Morgan fingerprint density at radius 1 is 1.18 bits per heavy atom. The maximum Gasteiger partial charge on any atom is 0.246 e. The quantitative estimate of drug-likeness (QED) is 0.542. The number of nitrogen functional groups attached to an aromatic ring is 1. The molecule has 1 heterocycles. The van der Waals surface area contributed by atoms with Crippen molar-refractivity contribution in [3.63, 3.8) is 0 Å². The minimum atomic E-state index is -0.636. The van der Waals surface area contributed by atoms with E-state index in [-0.39, 0.29) is 11.8 Å². The number of carbonyl (C=O) groups excluding carboxylic acids is 2. The number of amides is 2. The van der Waals surface area contributed by atoms with Crippen molar-refractivity contribution >= 4 is 34.2 Å². The highest BCUT2D eigenvalue weighted by atomic mass is 16.5. The molecule has 2 aromatic carbocycles. The first-order valence-electron chi connectivity index (χ1n) is 8.54. The Morgan fingerprint density at radius 2 is 1.86 bits per heavy atom. The van der Waals surface area contributed by atoms with Crippen LogP contribution in [0.5, 0.6) is 11.5 Å². The van der Waals surface area contributed by atoms with Gasteiger partial charge in [0, 0.05) is 23.5 Å². The smallest absolute Gasteiger partial charge is 0.246 e. The van der Waals surface area contributed by atoms with Crippen molar-refractivity contribution in [1.29, 1.82) is 5.26 Å². The van der Waals surface area contributed by atoms with Crippen LogP contribution in [0.25, 0.3) is 10.9 Å². The summed E-state index contributed by atoms with van der Waals surface area (Å²) >= 11 is 0. The molecule has 0 bridgehead atoms. The molecule has 0 spiro atoms. The summed E-state index contributed by atoms with van der Waals surface area (Å²) in [5.74, 6) is 0.854. The molecule has 3 rings (SSSR count). The van der Waals surface area contributed by atoms with E-state index in [2.05, 4.69) is 21.7 Å². The van der Waals surface area contributed by atoms with Crippen LogP contribution in [0.15, 0.2) is 42.5 Å². The lowest BCUT2D eigenvalue weighted by Gasteiger charge is -2.13. The number of ether oxygens (including phenoxy) is 1. The van der Waals surface area contributed by atoms with E-state index in [0.717, 1.165) is 5.52 Å². The summed E-state index contributed by atoms with van der Waals surface area (Å²) in [4.78, 5) is 26.0. The number of fused-ring (bicyclic) bond motifs is 1. The molecule has 0 aliphatic heterocycles. The molecular formula is C20H19N5O3. The molecule has 28 heavy (non-hydrogen) atoms. The van der Waals surface area contributed by atoms with Gasteiger partial charge in [-0.05, 0) is 49.4 Å². The van der Waals surface area contributed by atoms with Crippen LogP contribution in [0.4, 0.5) is 11.5 Å². The number of nitrogens with one attached hydrogen (secondary N) is 3. The van der Waals surface area contributed by atoms with Crippen molar-refractivity contribution in [3.05, 3.63) is 48.0 Å². The standard InChI is InChI=1S/C20H19N5O3/c1-11(23-12(2)26)20(27)24-13-3-5-14(6-4-13)28-15-7-8-18-16(9-15)17(10-21)19(22)25-18/h3-9,11,25H,22H2,1-2H3,(H,23,26)(H,24,27)/t11-/m0/s1. The predicted molar refractivity (Wildman–Crippen MR) is 106 cm³/mol. The molecule has 8 nitrogen and oxygen atoms in total. The number of rotatable bonds is 5. The van der Waals surface area contributed by atoms with Crippen LogP contribution in [0.3, 0.4) is 0 Å². The number of H-pyrrole nitrogens is 1. The number of aromatic nitrogens is 1. The van der Waals surface area contributed by atoms with Crippen LogP contribution >= 0.6 is 0 Å². The van der Waals surface area contributed by atoms with Gasteiger partial charge >= 0.3 is 0 Å². The first-order valence-corrected chi connectivity index (χ1v) is 8.54. The first kappa shape index (κ1) is 18.8. The molecule has 0 saturated carbocycles. The third-order valence-corrected chi connectivity index (χ3v) is 4.08. The average molecular weight is 377 g/mol. The molecule has 142 valence electrons. The fraction of sp³-hybridized carbons (Fsp3) is 0.150. The summed E-state index contributed by atoms with van der Waals surface area (Å²) in [7, 11) is 0. The highest BCUT2D eigenvalue weighted by Crippen LogP contribution is 2.30. The molecule has 1 aromatic heterocycles. The molecule has 0 saturated heterocycles. The summed E-state index contributed by atoms with van der Waals surface area (Å²) in [6.07, 6.45) is 0. The van der Waals surface area contributed by atoms with Crippen LogP contribution in [0.2, 0.25) is 0 Å². The molecule has 5 N–H and O–H groups in total. The van der Waals surface area contributed by atoms with Gasteiger partial charge in [-0.3, -0.25) is 9.59 Å². The zero-order chi connectivity index (χ0) is 20.3. The molecule has 8 heteroatoms. The van der Waals surface area contributed by atoms with Crippen molar-refractivity contribution in [2.24, 2.45) is 0 Å². The third-order valence-electron chi connectivity index (χ3n) is 4.08. The molecular weight excluding hydrogens is 358 g/mol. The van der Waals surface area contributed by atoms with Crippen LogP contribution in [0.1, 0.15) is 19.4 Å². The Kier molecular flexibility index (Phi) is 5.18. The lowest BCUT2D eigenvalue weighted by Crippen LogP contribution is -2.40. The Morgan fingerprint density at radius 3 is 2.50 bits per heavy atom. The zero-order valence-corrected chi connectivity index (χ0v) is 15.4. The number of anilines is 2. The molecule has 2 amide bonds. The van der Waals surface area contributed by atoms with E-state index in [4.69, 9.17) is 10.5 Å². The van der Waals surface area contributed by atoms with E-state index in [9.17, 15) is 14.9 Å². The van der Waals surface area contributed by atoms with Gasteiger partial charge in [0.15, 0.2) is 0 Å². The molecule has 0 fully saturated rings. The van der Waals surface area contributed by atoms with E-state index in [0.29, 0.717) is 34.0 Å². The van der Waals surface area contributed by atoms with Crippen LogP contribution in [-0.4, -0.2) is 22.8 Å². The predicted octanol–water partition coefficient (Wildman–Crippen LogP) is 2.88. The molecule has 3 aromatic rings. The highest BCUT2D eigenvalue weighted by molar-refractivity contribution is 5.96. The maximum atomic E-state index is 12.0. The van der Waals surface area contributed by atoms with Gasteiger partial charge in [0.1, 0.15) is 35.0 Å². The molecule has 0 aliphatic rings. The van der Waals surface area contributed by atoms with Crippen LogP contribution in [0, 0.1) is 11.3 Å². The van der Waals surface area contributed by atoms with Crippen molar-refractivity contribution in [3.8, 4) is 17.6 Å². The highest BCUT2D eigenvalue weighted by Gasteiger charge is 2.14. The molecule has 0 aliphatic carbocycles. The number of carbonyl (C=O) groups is 2. The van der Waals surface area contributed by atoms with Gasteiger partial charge < -0.3 is 26.1 Å². The van der Waals surface area contributed by atoms with Crippen molar-refractivity contribution < 1.29 is 14.3 Å². The number of hydrogen-bond donors (Lipinski definition) is 4. The lowest BCUT2D eigenvalue weighted by molar-refractivity contribution is -0.124. The summed E-state index contributed by atoms with van der Waals surface area (Å²) in [5, 5.41) is 15.2. The lowest BCUT2D eigenvalue weighted by atomic mass is 10.1. The van der Waals surface area contributed by atoms with Gasteiger partial charge in [0.2, 0.25) is 11.8 Å². The third kappa shape index (κ3) is 4.04. The first-order chi connectivity index (χ1) is 13.4. The number of nitriles is 1. The second-order valence-corrected chi connectivity index (χ2v) is 6.27. The number of nitrogens with two attached hydrogens (primary N) is 1. The van der Waals surface area contributed by atoms with E-state index in [1.165, 1.54) is 6.92 Å². The minimum Gasteiger partial charge on any atom is -0.457 e. The summed E-state index contributed by atoms with van der Waals surface area (Å²) in [6.45, 7) is 2.96. The van der Waals surface area contributed by atoms with E-state index in [1.54, 1.807) is 49.4 Å². The molecule has 0 radical (unpaired) electrons. The summed E-state index contributed by atoms with van der Waals surface area (Å²) in [5.41, 5.74) is 7.51. The monoisotopic (exact) mass is 377 g/mol. The Labute approximate surface area is 161 Å². The fourth-order valence-corrected chi connectivity index (χ4v) is 2.74. The topological polar surface area (TPSA) is 133 Å². The van der Waals surface area contributed by atoms with Gasteiger partial charge in [0.25, 0.3) is 0 Å². The van der Waals surface area contributed by atoms with Crippen LogP contribution < -0.4 is 21.1 Å². The Balaban J connectivity index is 1.71. The largest absolute Gasteiger partial charge is 0.457 e. The maximum absolute atomic E-state index is 12.0. The summed E-state index contributed by atoms with van der Waals surface area (Å²) < 4.78 is 5.82. The average Bonchev–Trinajstić information content (AvgIpc) is 2.97. The van der Waals surface area contributed by atoms with Crippen molar-refractivity contribution in [1.82, 2.24) is 10.3 Å². The van der Waals surface area contributed by atoms with Gasteiger partial charge in [-0.1, -0.05) is 0 Å². The summed E-state index contributed by atoms with van der Waals surface area (Å²) in [6, 6.07) is 13.6. The van der Waals surface area contributed by atoms with E-state index in [1.807, 2.05) is 0 Å². The van der Waals surface area contributed by atoms with Gasteiger partial charge in [-0.15, -0.1) is 0 Å². The number of benzene rings is 2. The zero-order valence-electron chi connectivity index (χ0n) is 15.4. The number of aromatic amines is 1. The van der Waals surface area contributed by atoms with Gasteiger partial charge in [-0.25, -0.2) is 0 Å². The second kappa shape index (κ2) is 7.72. The minimum absolute atomic E-state index is 0.271. The van der Waals surface area contributed by atoms with Crippen molar-refractivity contribution in [2.45, 2.75) is 19.9 Å². The number of hydrogen-bond acceptors (Lipinski definition) is 5. The normalized spacial score (nSPS) is 11.5. The fourth-order valence-electron chi connectivity index (χ4n) is 2.74. The van der Waals surface area contributed by atoms with E-state index >= 15 is 0 Å². The van der Waals surface area contributed by atoms with Gasteiger partial charge in [0.05, 0.1) is 0 Å². The molecule has 0 unspecified atom stereocenters. The molecule has 1 atom stereocenters. The van der Waals surface area contributed by atoms with Crippen molar-refractivity contribution in [2.75, 3.05) is 11.1 Å². The van der Waals surface area contributed by atoms with E-state index < -0.39 is 6.04 Å².